The van der Waals surface area contributed by atoms with Crippen molar-refractivity contribution in [1.82, 2.24) is 0 Å². The number of nitrogens with zero attached hydrogens (tertiary/aromatic N) is 1. The van der Waals surface area contributed by atoms with Gasteiger partial charge < -0.3 is 19.4 Å². The highest BCUT2D eigenvalue weighted by atomic mass is 79.9. The Morgan fingerprint density at radius 1 is 1.38 bits per heavy atom. The Morgan fingerprint density at radius 2 is 2.14 bits per heavy atom. The molecule has 1 N–H and O–H groups in total. The summed E-state index contributed by atoms with van der Waals surface area (Å²) >= 11 is 3.45. The van der Waals surface area contributed by atoms with E-state index in [9.17, 15) is 4.79 Å². The number of benzene rings is 1. The van der Waals surface area contributed by atoms with E-state index < -0.39 is 11.6 Å². The largest absolute Gasteiger partial charge is 0.489 e. The van der Waals surface area contributed by atoms with Crippen LogP contribution in [0.4, 0.5) is 0 Å². The molecule has 1 aromatic rings. The van der Waals surface area contributed by atoms with Gasteiger partial charge in [-0.3, -0.25) is 0 Å². The van der Waals surface area contributed by atoms with E-state index in [0.29, 0.717) is 30.4 Å². The van der Waals surface area contributed by atoms with Crippen LogP contribution in [0, 0.1) is 0 Å². The molecule has 3 rings (SSSR count). The summed E-state index contributed by atoms with van der Waals surface area (Å²) in [7, 11) is 0. The first-order valence-corrected chi connectivity index (χ1v) is 7.37. The molecule has 0 saturated carbocycles. The van der Waals surface area contributed by atoms with Crippen molar-refractivity contribution in [2.24, 2.45) is 5.16 Å². The van der Waals surface area contributed by atoms with Gasteiger partial charge in [-0.15, -0.1) is 0 Å². The number of aliphatic carboxylic acids is 1. The third-order valence-corrected chi connectivity index (χ3v) is 4.04. The maximum absolute atomic E-state index is 11.2. The molecule has 0 amide bonds. The fourth-order valence-corrected chi connectivity index (χ4v) is 2.76. The number of hydrogen-bond donors (Lipinski definition) is 1. The molecule has 1 aromatic carbocycles. The second-order valence-corrected chi connectivity index (χ2v) is 6.03. The SMILES string of the molecule is CC1(C(=O)O)CC(c2cc(Br)c3c(c2)OCCCO3)=NO1. The number of carboxylic acid groups (broad SMARTS) is 1. The van der Waals surface area contributed by atoms with Crippen LogP contribution in [0.1, 0.15) is 25.3 Å². The predicted molar refractivity (Wildman–Crippen MR) is 78.0 cm³/mol. The van der Waals surface area contributed by atoms with Gasteiger partial charge in [0, 0.05) is 18.4 Å². The molecule has 0 spiro atoms. The van der Waals surface area contributed by atoms with Crippen LogP contribution < -0.4 is 9.47 Å². The Bertz CT molecular complexity index is 630. The molecule has 0 aromatic heterocycles. The molecular weight excluding hydrogens is 342 g/mol. The quantitative estimate of drug-likeness (QED) is 0.881. The third kappa shape index (κ3) is 2.57. The van der Waals surface area contributed by atoms with Crippen molar-refractivity contribution in [3.8, 4) is 11.5 Å². The molecule has 21 heavy (non-hydrogen) atoms. The molecular formula is C14H14BrNO5. The number of hydrogen-bond acceptors (Lipinski definition) is 5. The highest BCUT2D eigenvalue weighted by molar-refractivity contribution is 9.10. The van der Waals surface area contributed by atoms with Crippen LogP contribution in [0.3, 0.4) is 0 Å². The molecule has 1 unspecified atom stereocenters. The average Bonchev–Trinajstić information content (AvgIpc) is 2.69. The van der Waals surface area contributed by atoms with Crippen molar-refractivity contribution in [3.63, 3.8) is 0 Å². The van der Waals surface area contributed by atoms with E-state index in [0.717, 1.165) is 16.5 Å². The molecule has 1 atom stereocenters. The van der Waals surface area contributed by atoms with Crippen LogP contribution in [0.15, 0.2) is 21.8 Å². The number of carbonyl (C=O) groups is 1. The van der Waals surface area contributed by atoms with Gasteiger partial charge in [0.25, 0.3) is 0 Å². The Balaban J connectivity index is 1.93. The molecule has 2 heterocycles. The van der Waals surface area contributed by atoms with Crippen molar-refractivity contribution >= 4 is 27.6 Å². The van der Waals surface area contributed by atoms with Crippen LogP contribution in [-0.4, -0.2) is 35.6 Å². The summed E-state index contributed by atoms with van der Waals surface area (Å²) in [6.07, 6.45) is 1.02. The Kier molecular flexibility index (Phi) is 3.52. The van der Waals surface area contributed by atoms with E-state index in [2.05, 4.69) is 21.1 Å². The van der Waals surface area contributed by atoms with Gasteiger partial charge in [0.15, 0.2) is 11.5 Å². The molecule has 0 bridgehead atoms. The number of fused-ring (bicyclic) bond motifs is 1. The maximum atomic E-state index is 11.2. The molecule has 6 nitrogen and oxygen atoms in total. The van der Waals surface area contributed by atoms with Crippen LogP contribution in [0.5, 0.6) is 11.5 Å². The van der Waals surface area contributed by atoms with Crippen molar-refractivity contribution in [2.75, 3.05) is 13.2 Å². The van der Waals surface area contributed by atoms with Crippen LogP contribution in [0.2, 0.25) is 0 Å². The molecule has 0 radical (unpaired) electrons. The summed E-state index contributed by atoms with van der Waals surface area (Å²) in [5.74, 6) is 0.259. The second-order valence-electron chi connectivity index (χ2n) is 5.18. The molecule has 0 saturated heterocycles. The minimum atomic E-state index is -1.31. The number of oxime groups is 1. The Morgan fingerprint density at radius 3 is 2.86 bits per heavy atom. The summed E-state index contributed by atoms with van der Waals surface area (Å²) in [4.78, 5) is 16.3. The van der Waals surface area contributed by atoms with Crippen LogP contribution >= 0.6 is 15.9 Å². The number of rotatable bonds is 2. The monoisotopic (exact) mass is 355 g/mol. The van der Waals surface area contributed by atoms with E-state index in [-0.39, 0.29) is 6.42 Å². The second kappa shape index (κ2) is 5.22. The van der Waals surface area contributed by atoms with E-state index in [1.54, 1.807) is 6.07 Å². The highest BCUT2D eigenvalue weighted by Gasteiger charge is 2.42. The fraction of sp³-hybridized carbons (Fsp3) is 0.429. The molecule has 7 heteroatoms. The lowest BCUT2D eigenvalue weighted by Gasteiger charge is -2.15. The molecule has 0 aliphatic carbocycles. The van der Waals surface area contributed by atoms with Crippen molar-refractivity contribution < 1.29 is 24.2 Å². The maximum Gasteiger partial charge on any atom is 0.351 e. The minimum absolute atomic E-state index is 0.203. The highest BCUT2D eigenvalue weighted by Crippen LogP contribution is 2.39. The zero-order chi connectivity index (χ0) is 15.0. The molecule has 2 aliphatic heterocycles. The lowest BCUT2D eigenvalue weighted by Crippen LogP contribution is -2.35. The van der Waals surface area contributed by atoms with Gasteiger partial charge in [-0.2, -0.15) is 0 Å². The van der Waals surface area contributed by atoms with Crippen LogP contribution in [-0.2, 0) is 9.63 Å². The average molecular weight is 356 g/mol. The lowest BCUT2D eigenvalue weighted by molar-refractivity contribution is -0.160. The third-order valence-electron chi connectivity index (χ3n) is 3.45. The molecule has 2 aliphatic rings. The van der Waals surface area contributed by atoms with Gasteiger partial charge in [-0.1, -0.05) is 5.16 Å². The summed E-state index contributed by atoms with van der Waals surface area (Å²) in [6.45, 7) is 2.69. The van der Waals surface area contributed by atoms with Gasteiger partial charge >= 0.3 is 5.97 Å². The number of halogens is 1. The Labute approximate surface area is 129 Å². The summed E-state index contributed by atoms with van der Waals surface area (Å²) in [5.41, 5.74) is 0.0266. The number of carboxylic acids is 1. The fourth-order valence-electron chi connectivity index (χ4n) is 2.21. The zero-order valence-electron chi connectivity index (χ0n) is 11.4. The van der Waals surface area contributed by atoms with E-state index in [1.165, 1.54) is 6.92 Å². The van der Waals surface area contributed by atoms with Gasteiger partial charge in [0.2, 0.25) is 5.60 Å². The topological polar surface area (TPSA) is 77.4 Å². The normalized spacial score (nSPS) is 24.0. The van der Waals surface area contributed by atoms with Gasteiger partial charge in [-0.25, -0.2) is 4.79 Å². The first-order chi connectivity index (χ1) is 9.99. The van der Waals surface area contributed by atoms with Crippen LogP contribution in [0.25, 0.3) is 0 Å². The Hall–Kier alpha value is -1.76. The van der Waals surface area contributed by atoms with E-state index in [4.69, 9.17) is 19.4 Å². The van der Waals surface area contributed by atoms with Crippen molar-refractivity contribution in [3.05, 3.63) is 22.2 Å². The van der Waals surface area contributed by atoms with Crippen molar-refractivity contribution in [1.29, 1.82) is 0 Å². The number of ether oxygens (including phenoxy) is 2. The minimum Gasteiger partial charge on any atom is -0.489 e. The first kappa shape index (κ1) is 14.2. The summed E-state index contributed by atoms with van der Waals surface area (Å²) < 4.78 is 12.1. The van der Waals surface area contributed by atoms with E-state index in [1.807, 2.05) is 6.07 Å². The van der Waals surface area contributed by atoms with Crippen molar-refractivity contribution in [2.45, 2.75) is 25.4 Å². The molecule has 112 valence electrons. The first-order valence-electron chi connectivity index (χ1n) is 6.57. The van der Waals surface area contributed by atoms with Gasteiger partial charge in [0.1, 0.15) is 0 Å². The summed E-state index contributed by atoms with van der Waals surface area (Å²) in [5, 5.41) is 13.1. The van der Waals surface area contributed by atoms with Gasteiger partial charge in [0.05, 0.1) is 23.4 Å². The smallest absolute Gasteiger partial charge is 0.351 e. The summed E-state index contributed by atoms with van der Waals surface area (Å²) in [6, 6.07) is 3.64. The predicted octanol–water partition coefficient (Wildman–Crippen LogP) is 2.58. The zero-order valence-corrected chi connectivity index (χ0v) is 13.0. The molecule has 0 fully saturated rings. The van der Waals surface area contributed by atoms with Gasteiger partial charge in [-0.05, 0) is 35.0 Å². The lowest BCUT2D eigenvalue weighted by atomic mass is 9.96. The van der Waals surface area contributed by atoms with E-state index >= 15 is 0 Å². The standard InChI is InChI=1S/C14H14BrNO5/c1-14(13(17)18)7-10(16-21-14)8-5-9(15)12-11(6-8)19-3-2-4-20-12/h5-6H,2-4,7H2,1H3,(H,17,18).